The Balaban J connectivity index is 2.24. The average molecular weight is 398 g/mol. The van der Waals surface area contributed by atoms with Crippen LogP contribution in [0.25, 0.3) is 0 Å². The number of benzene rings is 2. The van der Waals surface area contributed by atoms with Crippen LogP contribution in [0.3, 0.4) is 0 Å². The van der Waals surface area contributed by atoms with Crippen LogP contribution in [-0.4, -0.2) is 28.2 Å². The molecule has 11 heteroatoms. The quantitative estimate of drug-likeness (QED) is 0.367. The van der Waals surface area contributed by atoms with E-state index in [-0.39, 0.29) is 11.5 Å². The number of carboxylic acid groups (broad SMARTS) is 1. The average Bonchev–Trinajstić information content (AvgIpc) is 2.62. The van der Waals surface area contributed by atoms with Gasteiger partial charge >= 0.3 is 5.97 Å². The molecule has 0 saturated carbocycles. The summed E-state index contributed by atoms with van der Waals surface area (Å²) in [5.41, 5.74) is -1.61. The monoisotopic (exact) mass is 398 g/mol. The number of nitroso groups, excluding NO2 is 1. The summed E-state index contributed by atoms with van der Waals surface area (Å²) in [7, 11) is -6.46. The third-order valence-electron chi connectivity index (χ3n) is 3.07. The van der Waals surface area contributed by atoms with Crippen LogP contribution in [0, 0.1) is 4.91 Å². The summed E-state index contributed by atoms with van der Waals surface area (Å²) >= 11 is 0. The second-order valence-corrected chi connectivity index (χ2v) is 8.30. The van der Waals surface area contributed by atoms with Crippen LogP contribution in [0.15, 0.2) is 65.9 Å². The van der Waals surface area contributed by atoms with Crippen LogP contribution >= 0.6 is 16.1 Å². The number of para-hydroxylation sites is 2. The molecule has 1 N–H and O–H groups in total. The molecule has 0 heterocycles. The van der Waals surface area contributed by atoms with Crippen LogP contribution < -0.4 is 9.05 Å². The molecular formula is C15H16N2O7P2. The van der Waals surface area contributed by atoms with Gasteiger partial charge in [-0.05, 0) is 24.3 Å². The molecule has 138 valence electrons. The summed E-state index contributed by atoms with van der Waals surface area (Å²) in [6.45, 7) is -0.892. The number of carboxylic acids is 1. The Kier molecular flexibility index (Phi) is 7.38. The van der Waals surface area contributed by atoms with Gasteiger partial charge in [0.1, 0.15) is 18.0 Å². The first kappa shape index (κ1) is 19.7. The molecular weight excluding hydrogens is 382 g/mol. The predicted octanol–water partition coefficient (Wildman–Crippen LogP) is 3.45. The van der Waals surface area contributed by atoms with Gasteiger partial charge in [-0.1, -0.05) is 36.4 Å². The van der Waals surface area contributed by atoms with E-state index in [1.807, 2.05) is 0 Å². The minimum absolute atomic E-state index is 0.220. The van der Waals surface area contributed by atoms with Crippen molar-refractivity contribution in [2.24, 2.45) is 5.29 Å². The highest BCUT2D eigenvalue weighted by atomic mass is 31.2. The van der Waals surface area contributed by atoms with Crippen LogP contribution in [0.2, 0.25) is 0 Å². The Bertz CT molecular complexity index is 736. The third kappa shape index (κ3) is 5.72. The molecule has 26 heavy (non-hydrogen) atoms. The Labute approximate surface area is 150 Å². The van der Waals surface area contributed by atoms with Crippen LogP contribution in [0.4, 0.5) is 0 Å². The summed E-state index contributed by atoms with van der Waals surface area (Å²) in [4.78, 5) is 22.0. The molecule has 2 unspecified atom stereocenters. The molecule has 0 aliphatic rings. The molecule has 0 aliphatic carbocycles. The zero-order valence-corrected chi connectivity index (χ0v) is 15.3. The van der Waals surface area contributed by atoms with Gasteiger partial charge < -0.3 is 14.2 Å². The maximum Gasteiger partial charge on any atom is 0.325 e. The summed E-state index contributed by atoms with van der Waals surface area (Å²) in [6.07, 6.45) is 0. The summed E-state index contributed by atoms with van der Waals surface area (Å²) in [6, 6.07) is 16.0. The number of aliphatic carboxylic acids is 1. The van der Waals surface area contributed by atoms with Crippen molar-refractivity contribution in [3.05, 3.63) is 65.6 Å². The second kappa shape index (κ2) is 9.75. The molecule has 0 aromatic heterocycles. The van der Waals surface area contributed by atoms with E-state index in [1.54, 1.807) is 36.4 Å². The van der Waals surface area contributed by atoms with Gasteiger partial charge in [0, 0.05) is 0 Å². The number of rotatable bonds is 10. The lowest BCUT2D eigenvalue weighted by Crippen LogP contribution is -2.31. The molecule has 2 atom stereocenters. The molecule has 0 spiro atoms. The van der Waals surface area contributed by atoms with E-state index in [9.17, 15) is 18.8 Å². The van der Waals surface area contributed by atoms with Gasteiger partial charge in [0.25, 0.3) is 16.1 Å². The van der Waals surface area contributed by atoms with Crippen molar-refractivity contribution in [1.82, 2.24) is 5.01 Å². The van der Waals surface area contributed by atoms with E-state index >= 15 is 0 Å². The number of hydrogen-bond acceptors (Lipinski definition) is 7. The normalized spacial score (nSPS) is 13.8. The van der Waals surface area contributed by atoms with E-state index < -0.39 is 34.1 Å². The minimum Gasteiger partial charge on any atom is -0.480 e. The lowest BCUT2D eigenvalue weighted by atomic mass is 10.3. The lowest BCUT2D eigenvalue weighted by Gasteiger charge is -2.24. The van der Waals surface area contributed by atoms with E-state index in [0.29, 0.717) is 5.01 Å². The Hall–Kier alpha value is -2.63. The standard InChI is InChI=1S/C15H16N2O7P2/c18-14(19)11-17(16-20)15(25(21)23-12-7-3-1-4-8-12)26(22)24-13-9-5-2-6-10-13/h1-10,15,25-26H,11H2,(H,18,19). The third-order valence-corrected chi connectivity index (χ3v) is 6.85. The number of nitrogens with zero attached hydrogens (tertiary/aromatic N) is 2. The first-order valence-corrected chi connectivity index (χ1v) is 10.1. The highest BCUT2D eigenvalue weighted by Gasteiger charge is 2.35. The minimum atomic E-state index is -3.23. The van der Waals surface area contributed by atoms with Crippen molar-refractivity contribution < 1.29 is 28.1 Å². The maximum absolute atomic E-state index is 12.6. The molecule has 0 bridgehead atoms. The predicted molar refractivity (Wildman–Crippen MR) is 96.1 cm³/mol. The lowest BCUT2D eigenvalue weighted by molar-refractivity contribution is -0.138. The smallest absolute Gasteiger partial charge is 0.325 e. The van der Waals surface area contributed by atoms with Crippen molar-refractivity contribution in [2.75, 3.05) is 6.54 Å². The summed E-state index contributed by atoms with van der Waals surface area (Å²) in [5, 5.41) is 11.9. The summed E-state index contributed by atoms with van der Waals surface area (Å²) in [5.74, 6) is -0.965. The zero-order chi connectivity index (χ0) is 18.9. The fraction of sp³-hybridized carbons (Fsp3) is 0.133. The topological polar surface area (TPSA) is 123 Å². The molecule has 0 aliphatic heterocycles. The Morgan fingerprint density at radius 1 is 0.962 bits per heavy atom. The number of hydrogen-bond donors (Lipinski definition) is 1. The van der Waals surface area contributed by atoms with Crippen LogP contribution in [0.5, 0.6) is 11.5 Å². The highest BCUT2D eigenvalue weighted by Crippen LogP contribution is 2.48. The van der Waals surface area contributed by atoms with Gasteiger partial charge in [-0.3, -0.25) is 13.9 Å². The Morgan fingerprint density at radius 2 is 1.38 bits per heavy atom. The zero-order valence-electron chi connectivity index (χ0n) is 13.3. The van der Waals surface area contributed by atoms with Crippen molar-refractivity contribution >= 4 is 22.0 Å². The Morgan fingerprint density at radius 3 is 1.73 bits per heavy atom. The van der Waals surface area contributed by atoms with Crippen molar-refractivity contribution in [2.45, 2.75) is 5.52 Å². The van der Waals surface area contributed by atoms with E-state index in [4.69, 9.17) is 14.2 Å². The largest absolute Gasteiger partial charge is 0.480 e. The SMILES string of the molecule is O=NN(CC(=O)O)C([PH](=O)Oc1ccccc1)[PH](=O)Oc1ccccc1. The first-order valence-electron chi connectivity index (χ1n) is 7.36. The summed E-state index contributed by atoms with van der Waals surface area (Å²) < 4.78 is 35.7. The van der Waals surface area contributed by atoms with Crippen LogP contribution in [0.1, 0.15) is 0 Å². The highest BCUT2D eigenvalue weighted by molar-refractivity contribution is 7.59. The molecule has 0 radical (unpaired) electrons. The van der Waals surface area contributed by atoms with Gasteiger partial charge in [-0.2, -0.15) is 0 Å². The van der Waals surface area contributed by atoms with Gasteiger partial charge in [0.15, 0.2) is 0 Å². The van der Waals surface area contributed by atoms with E-state index in [1.165, 1.54) is 24.3 Å². The fourth-order valence-electron chi connectivity index (χ4n) is 1.97. The van der Waals surface area contributed by atoms with E-state index in [0.717, 1.165) is 0 Å². The van der Waals surface area contributed by atoms with Gasteiger partial charge in [0.2, 0.25) is 5.52 Å². The number of carbonyl (C=O) groups is 1. The second-order valence-electron chi connectivity index (χ2n) is 4.94. The molecule has 2 aromatic carbocycles. The van der Waals surface area contributed by atoms with Gasteiger partial charge in [-0.25, -0.2) is 5.01 Å². The van der Waals surface area contributed by atoms with E-state index in [2.05, 4.69) is 5.29 Å². The van der Waals surface area contributed by atoms with Crippen molar-refractivity contribution in [3.63, 3.8) is 0 Å². The molecule has 2 aromatic rings. The molecule has 0 amide bonds. The van der Waals surface area contributed by atoms with Crippen LogP contribution in [-0.2, 0) is 13.9 Å². The van der Waals surface area contributed by atoms with Gasteiger partial charge in [-0.15, -0.1) is 4.91 Å². The first-order chi connectivity index (χ1) is 12.5. The fourth-order valence-corrected chi connectivity index (χ4v) is 4.81. The van der Waals surface area contributed by atoms with Crippen molar-refractivity contribution in [3.8, 4) is 11.5 Å². The molecule has 0 fully saturated rings. The molecule has 9 nitrogen and oxygen atoms in total. The molecule has 0 saturated heterocycles. The maximum atomic E-state index is 12.6. The van der Waals surface area contributed by atoms with Crippen molar-refractivity contribution in [1.29, 1.82) is 0 Å². The molecule has 2 rings (SSSR count). The van der Waals surface area contributed by atoms with Gasteiger partial charge in [0.05, 0.1) is 5.29 Å².